The molecule has 6 nitrogen and oxygen atoms in total. The topological polar surface area (TPSA) is 96.2 Å². The van der Waals surface area contributed by atoms with E-state index in [0.29, 0.717) is 12.6 Å². The van der Waals surface area contributed by atoms with Crippen LogP contribution in [0.3, 0.4) is 0 Å². The van der Waals surface area contributed by atoms with Crippen LogP contribution in [0.1, 0.15) is 18.7 Å². The first-order valence-corrected chi connectivity index (χ1v) is 5.02. The average Bonchev–Trinajstić information content (AvgIpc) is 2.69. The fraction of sp³-hybridized carbons (Fsp3) is 0.300. The minimum absolute atomic E-state index is 0.486. The second-order valence-electron chi connectivity index (χ2n) is 3.36. The second kappa shape index (κ2) is 4.48. The predicted octanol–water partition coefficient (Wildman–Crippen LogP) is 0.898. The molecule has 0 saturated carbocycles. The number of H-pyrrole nitrogens is 1. The van der Waals surface area contributed by atoms with Crippen molar-refractivity contribution in [3.05, 3.63) is 23.8 Å². The molecule has 1 heterocycles. The number of imidazole rings is 1. The van der Waals surface area contributed by atoms with Crippen LogP contribution < -0.4 is 16.0 Å². The molecule has 0 amide bonds. The van der Waals surface area contributed by atoms with E-state index in [2.05, 4.69) is 9.97 Å². The maximum atomic E-state index is 8.72. The Kier molecular flexibility index (Phi) is 3.04. The van der Waals surface area contributed by atoms with Gasteiger partial charge in [-0.15, -0.1) is 0 Å². The number of hydrogen-bond donors (Lipinski definition) is 4. The lowest BCUT2D eigenvalue weighted by Gasteiger charge is -2.08. The number of ether oxygens (including phenoxy) is 1. The predicted molar refractivity (Wildman–Crippen MR) is 59.1 cm³/mol. The first kappa shape index (κ1) is 10.9. The van der Waals surface area contributed by atoms with Crippen molar-refractivity contribution in [2.24, 2.45) is 5.73 Å². The fourth-order valence-corrected chi connectivity index (χ4v) is 1.48. The summed E-state index contributed by atoms with van der Waals surface area (Å²) in [5, 5.41) is 8.72. The molecule has 0 fully saturated rings. The third-order valence-corrected chi connectivity index (χ3v) is 2.26. The van der Waals surface area contributed by atoms with E-state index >= 15 is 0 Å². The Morgan fingerprint density at radius 2 is 2.44 bits per heavy atom. The summed E-state index contributed by atoms with van der Waals surface area (Å²) in [7, 11) is 0. The van der Waals surface area contributed by atoms with Crippen LogP contribution in [0, 0.1) is 0 Å². The minimum atomic E-state index is -0.608. The first-order valence-electron chi connectivity index (χ1n) is 5.02. The SMILES string of the molecule is CCOc1nc2ccc(C(N)NO)cc2[nH]1. The molecule has 16 heavy (non-hydrogen) atoms. The van der Waals surface area contributed by atoms with E-state index < -0.39 is 6.17 Å². The van der Waals surface area contributed by atoms with Crippen molar-refractivity contribution in [3.63, 3.8) is 0 Å². The van der Waals surface area contributed by atoms with Gasteiger partial charge in [-0.2, -0.15) is 10.5 Å². The number of nitrogens with zero attached hydrogens (tertiary/aromatic N) is 1. The molecule has 1 aromatic carbocycles. The number of aromatic nitrogens is 2. The Morgan fingerprint density at radius 1 is 1.62 bits per heavy atom. The van der Waals surface area contributed by atoms with Gasteiger partial charge in [0.15, 0.2) is 0 Å². The molecule has 86 valence electrons. The Morgan fingerprint density at radius 3 is 3.12 bits per heavy atom. The van der Waals surface area contributed by atoms with Gasteiger partial charge in [-0.05, 0) is 24.6 Å². The van der Waals surface area contributed by atoms with Crippen LogP contribution in [0.2, 0.25) is 0 Å². The molecule has 5 N–H and O–H groups in total. The average molecular weight is 222 g/mol. The van der Waals surface area contributed by atoms with Crippen LogP contribution in [-0.2, 0) is 0 Å². The van der Waals surface area contributed by atoms with Gasteiger partial charge in [0.25, 0.3) is 6.01 Å². The normalized spacial score (nSPS) is 12.9. The van der Waals surface area contributed by atoms with Gasteiger partial charge in [-0.1, -0.05) is 6.07 Å². The van der Waals surface area contributed by atoms with Crippen LogP contribution in [0.25, 0.3) is 11.0 Å². The summed E-state index contributed by atoms with van der Waals surface area (Å²) in [6, 6.07) is 5.92. The molecule has 1 aromatic heterocycles. The number of hydroxylamine groups is 1. The molecule has 1 atom stereocenters. The fourth-order valence-electron chi connectivity index (χ4n) is 1.48. The Hall–Kier alpha value is -1.63. The van der Waals surface area contributed by atoms with E-state index in [-0.39, 0.29) is 0 Å². The first-order chi connectivity index (χ1) is 7.74. The van der Waals surface area contributed by atoms with E-state index in [1.165, 1.54) is 0 Å². The van der Waals surface area contributed by atoms with Gasteiger partial charge < -0.3 is 20.7 Å². The molecular formula is C10H14N4O2. The summed E-state index contributed by atoms with van der Waals surface area (Å²) in [6.07, 6.45) is -0.608. The zero-order valence-corrected chi connectivity index (χ0v) is 8.90. The maximum absolute atomic E-state index is 8.72. The largest absolute Gasteiger partial charge is 0.465 e. The van der Waals surface area contributed by atoms with E-state index in [4.69, 9.17) is 15.7 Å². The lowest BCUT2D eigenvalue weighted by Crippen LogP contribution is -2.25. The quantitative estimate of drug-likeness (QED) is 0.455. The molecule has 2 aromatic rings. The zero-order valence-electron chi connectivity index (χ0n) is 8.90. The third kappa shape index (κ3) is 1.99. The molecule has 0 saturated heterocycles. The molecule has 0 aliphatic rings. The van der Waals surface area contributed by atoms with Crippen molar-refractivity contribution in [3.8, 4) is 6.01 Å². The molecule has 0 radical (unpaired) electrons. The van der Waals surface area contributed by atoms with Gasteiger partial charge in [0.1, 0.15) is 6.17 Å². The van der Waals surface area contributed by atoms with Crippen molar-refractivity contribution in [2.75, 3.05) is 6.61 Å². The number of aromatic amines is 1. The summed E-state index contributed by atoms with van der Waals surface area (Å²) >= 11 is 0. The lowest BCUT2D eigenvalue weighted by atomic mass is 10.1. The molecule has 1 unspecified atom stereocenters. The van der Waals surface area contributed by atoms with Gasteiger partial charge in [0.05, 0.1) is 17.6 Å². The van der Waals surface area contributed by atoms with Gasteiger partial charge in [-0.25, -0.2) is 0 Å². The molecule has 6 heteroatoms. The number of fused-ring (bicyclic) bond motifs is 1. The van der Waals surface area contributed by atoms with E-state index in [0.717, 1.165) is 16.6 Å². The highest BCUT2D eigenvalue weighted by Crippen LogP contribution is 2.19. The summed E-state index contributed by atoms with van der Waals surface area (Å²) in [6.45, 7) is 2.45. The molecule has 0 aliphatic heterocycles. The maximum Gasteiger partial charge on any atom is 0.294 e. The van der Waals surface area contributed by atoms with Crippen LogP contribution in [-0.4, -0.2) is 21.8 Å². The highest BCUT2D eigenvalue weighted by atomic mass is 16.5. The van der Waals surface area contributed by atoms with Gasteiger partial charge in [0.2, 0.25) is 0 Å². The number of nitrogens with one attached hydrogen (secondary N) is 2. The van der Waals surface area contributed by atoms with Crippen molar-refractivity contribution in [1.82, 2.24) is 15.4 Å². The standard InChI is InChI=1S/C10H14N4O2/c1-2-16-10-12-7-4-3-6(9(11)14-15)5-8(7)13-10/h3-5,9,14-15H,2,11H2,1H3,(H,12,13). The number of hydrogen-bond acceptors (Lipinski definition) is 5. The summed E-state index contributed by atoms with van der Waals surface area (Å²) in [5.74, 6) is 0. The monoisotopic (exact) mass is 222 g/mol. The number of benzene rings is 1. The Bertz CT molecular complexity index is 483. The summed E-state index contributed by atoms with van der Waals surface area (Å²) in [5.41, 5.74) is 10.0. The van der Waals surface area contributed by atoms with Crippen molar-refractivity contribution < 1.29 is 9.94 Å². The highest BCUT2D eigenvalue weighted by Gasteiger charge is 2.07. The molecule has 0 spiro atoms. The van der Waals surface area contributed by atoms with Crippen molar-refractivity contribution >= 4 is 11.0 Å². The smallest absolute Gasteiger partial charge is 0.294 e. The van der Waals surface area contributed by atoms with Crippen LogP contribution in [0.5, 0.6) is 6.01 Å². The van der Waals surface area contributed by atoms with E-state index in [1.807, 2.05) is 24.5 Å². The van der Waals surface area contributed by atoms with E-state index in [9.17, 15) is 0 Å². The van der Waals surface area contributed by atoms with Gasteiger partial charge >= 0.3 is 0 Å². The van der Waals surface area contributed by atoms with Crippen molar-refractivity contribution in [2.45, 2.75) is 13.1 Å². The molecule has 2 rings (SSSR count). The molecule has 0 bridgehead atoms. The van der Waals surface area contributed by atoms with Gasteiger partial charge in [0, 0.05) is 0 Å². The Labute approximate surface area is 92.4 Å². The van der Waals surface area contributed by atoms with E-state index in [1.54, 1.807) is 6.07 Å². The zero-order chi connectivity index (χ0) is 11.5. The molecular weight excluding hydrogens is 208 g/mol. The van der Waals surface area contributed by atoms with Crippen LogP contribution >= 0.6 is 0 Å². The summed E-state index contributed by atoms with van der Waals surface area (Å²) in [4.78, 5) is 7.24. The second-order valence-corrected chi connectivity index (χ2v) is 3.36. The summed E-state index contributed by atoms with van der Waals surface area (Å²) < 4.78 is 5.25. The molecule has 0 aliphatic carbocycles. The Balaban J connectivity index is 2.37. The van der Waals surface area contributed by atoms with Crippen LogP contribution in [0.4, 0.5) is 0 Å². The minimum Gasteiger partial charge on any atom is -0.465 e. The third-order valence-electron chi connectivity index (χ3n) is 2.26. The van der Waals surface area contributed by atoms with Crippen molar-refractivity contribution in [1.29, 1.82) is 0 Å². The number of rotatable bonds is 4. The van der Waals surface area contributed by atoms with Gasteiger partial charge in [-0.3, -0.25) is 0 Å². The van der Waals surface area contributed by atoms with Crippen LogP contribution in [0.15, 0.2) is 18.2 Å². The number of nitrogens with two attached hydrogens (primary N) is 1. The highest BCUT2D eigenvalue weighted by molar-refractivity contribution is 5.76. The lowest BCUT2D eigenvalue weighted by molar-refractivity contribution is 0.128.